The lowest BCUT2D eigenvalue weighted by Crippen LogP contribution is -2.20. The molecule has 0 fully saturated rings. The van der Waals surface area contributed by atoms with Crippen molar-refractivity contribution in [3.8, 4) is 5.75 Å². The second kappa shape index (κ2) is 6.58. The van der Waals surface area contributed by atoms with E-state index in [1.165, 1.54) is 24.3 Å². The van der Waals surface area contributed by atoms with Gasteiger partial charge >= 0.3 is 11.9 Å². The quantitative estimate of drug-likeness (QED) is 0.453. The zero-order valence-corrected chi connectivity index (χ0v) is 10.7. The van der Waals surface area contributed by atoms with Crippen LogP contribution in [-0.4, -0.2) is 33.4 Å². The van der Waals surface area contributed by atoms with E-state index in [4.69, 9.17) is 25.8 Å². The zero-order valence-electron chi connectivity index (χ0n) is 10.7. The Hall–Kier alpha value is -2.54. The van der Waals surface area contributed by atoms with Crippen molar-refractivity contribution in [3.05, 3.63) is 41.7 Å². The van der Waals surface area contributed by atoms with Crippen molar-refractivity contribution < 1.29 is 29.6 Å². The van der Waals surface area contributed by atoms with Crippen LogP contribution in [0.15, 0.2) is 36.1 Å². The first-order chi connectivity index (χ1) is 9.31. The van der Waals surface area contributed by atoms with Gasteiger partial charge in [0.25, 0.3) is 0 Å². The standard InChI is InChI=1S/C13H15NO6/c1-7(6-10(15)12(16)17)20-9-4-2-8(3-5-9)11(14)13(18)19/h2-7,11,15H,14H2,1H3,(H,16,17)(H,18,19)/b10-6-. The Bertz CT molecular complexity index is 522. The molecule has 7 nitrogen and oxygen atoms in total. The van der Waals surface area contributed by atoms with Crippen LogP contribution in [0.5, 0.6) is 5.75 Å². The predicted octanol–water partition coefficient (Wildman–Crippen LogP) is 1.06. The number of carbonyl (C=O) groups is 2. The number of hydrogen-bond acceptors (Lipinski definition) is 5. The van der Waals surface area contributed by atoms with E-state index >= 15 is 0 Å². The van der Waals surface area contributed by atoms with Crippen molar-refractivity contribution in [2.24, 2.45) is 5.73 Å². The third kappa shape index (κ3) is 4.29. The predicted molar refractivity (Wildman–Crippen MR) is 69.4 cm³/mol. The molecule has 0 bridgehead atoms. The van der Waals surface area contributed by atoms with Gasteiger partial charge in [0.1, 0.15) is 17.9 Å². The molecule has 1 rings (SSSR count). The second-order valence-electron chi connectivity index (χ2n) is 4.06. The highest BCUT2D eigenvalue weighted by Gasteiger charge is 2.14. The summed E-state index contributed by atoms with van der Waals surface area (Å²) in [6.07, 6.45) is 0.379. The van der Waals surface area contributed by atoms with E-state index in [1.807, 2.05) is 0 Å². The van der Waals surface area contributed by atoms with E-state index in [0.717, 1.165) is 6.08 Å². The molecule has 108 valence electrons. The highest BCUT2D eigenvalue weighted by atomic mass is 16.5. The first-order valence-corrected chi connectivity index (χ1v) is 5.70. The molecule has 0 saturated carbocycles. The van der Waals surface area contributed by atoms with Crippen molar-refractivity contribution in [2.45, 2.75) is 19.1 Å². The van der Waals surface area contributed by atoms with Crippen LogP contribution in [0.4, 0.5) is 0 Å². The number of nitrogens with two attached hydrogens (primary N) is 1. The lowest BCUT2D eigenvalue weighted by Gasteiger charge is -2.12. The lowest BCUT2D eigenvalue weighted by molar-refractivity contribution is -0.138. The number of benzene rings is 1. The molecule has 0 saturated heterocycles. The number of carboxylic acid groups (broad SMARTS) is 2. The van der Waals surface area contributed by atoms with Gasteiger partial charge in [0, 0.05) is 6.08 Å². The van der Waals surface area contributed by atoms with Crippen LogP contribution in [0.1, 0.15) is 18.5 Å². The number of hydrogen-bond donors (Lipinski definition) is 4. The summed E-state index contributed by atoms with van der Waals surface area (Å²) in [5.41, 5.74) is 5.86. The summed E-state index contributed by atoms with van der Waals surface area (Å²) in [6.45, 7) is 1.55. The highest BCUT2D eigenvalue weighted by Crippen LogP contribution is 2.18. The molecule has 7 heteroatoms. The molecule has 0 heterocycles. The van der Waals surface area contributed by atoms with Gasteiger partial charge in [0.15, 0.2) is 0 Å². The topological polar surface area (TPSA) is 130 Å². The van der Waals surface area contributed by atoms with Crippen molar-refractivity contribution in [2.75, 3.05) is 0 Å². The Kier molecular flexibility index (Phi) is 5.10. The number of aliphatic hydroxyl groups excluding tert-OH is 1. The summed E-state index contributed by atoms with van der Waals surface area (Å²) in [4.78, 5) is 21.1. The summed E-state index contributed by atoms with van der Waals surface area (Å²) in [5, 5.41) is 26.3. The third-order valence-corrected chi connectivity index (χ3v) is 2.44. The van der Waals surface area contributed by atoms with Crippen LogP contribution in [0.25, 0.3) is 0 Å². The molecule has 2 atom stereocenters. The van der Waals surface area contributed by atoms with Gasteiger partial charge in [-0.2, -0.15) is 0 Å². The van der Waals surface area contributed by atoms with Crippen LogP contribution in [0.3, 0.4) is 0 Å². The first kappa shape index (κ1) is 15.5. The fourth-order valence-electron chi connectivity index (χ4n) is 1.44. The maximum Gasteiger partial charge on any atom is 0.370 e. The summed E-state index contributed by atoms with van der Waals surface area (Å²) >= 11 is 0. The number of aliphatic carboxylic acids is 2. The van der Waals surface area contributed by atoms with Crippen LogP contribution >= 0.6 is 0 Å². The summed E-state index contributed by atoms with van der Waals surface area (Å²) in [5.74, 6) is -2.99. The molecule has 0 aliphatic heterocycles. The largest absolute Gasteiger partial charge is 0.502 e. The van der Waals surface area contributed by atoms with E-state index in [-0.39, 0.29) is 0 Å². The van der Waals surface area contributed by atoms with Gasteiger partial charge in [-0.25, -0.2) is 4.79 Å². The van der Waals surface area contributed by atoms with Gasteiger partial charge in [-0.3, -0.25) is 4.79 Å². The molecule has 2 unspecified atom stereocenters. The molecular formula is C13H15NO6. The number of rotatable bonds is 6. The van der Waals surface area contributed by atoms with E-state index in [2.05, 4.69) is 0 Å². The molecule has 1 aromatic carbocycles. The van der Waals surface area contributed by atoms with Crippen molar-refractivity contribution in [1.82, 2.24) is 0 Å². The van der Waals surface area contributed by atoms with Crippen LogP contribution in [-0.2, 0) is 9.59 Å². The van der Waals surface area contributed by atoms with Crippen molar-refractivity contribution in [1.29, 1.82) is 0 Å². The van der Waals surface area contributed by atoms with Gasteiger partial charge in [-0.05, 0) is 24.6 Å². The Morgan fingerprint density at radius 2 is 1.75 bits per heavy atom. The molecule has 0 aliphatic carbocycles. The minimum Gasteiger partial charge on any atom is -0.502 e. The summed E-state index contributed by atoms with van der Waals surface area (Å²) in [7, 11) is 0. The van der Waals surface area contributed by atoms with Crippen LogP contribution < -0.4 is 10.5 Å². The molecule has 20 heavy (non-hydrogen) atoms. The maximum absolute atomic E-state index is 10.7. The van der Waals surface area contributed by atoms with E-state index in [0.29, 0.717) is 11.3 Å². The molecule has 1 aromatic rings. The van der Waals surface area contributed by atoms with E-state index < -0.39 is 29.8 Å². The molecule has 5 N–H and O–H groups in total. The molecule has 0 radical (unpaired) electrons. The Balaban J connectivity index is 2.73. The van der Waals surface area contributed by atoms with Crippen LogP contribution in [0.2, 0.25) is 0 Å². The van der Waals surface area contributed by atoms with Crippen molar-refractivity contribution in [3.63, 3.8) is 0 Å². The van der Waals surface area contributed by atoms with E-state index in [9.17, 15) is 9.59 Å². The number of ether oxygens (including phenoxy) is 1. The number of aliphatic hydroxyl groups is 1. The Morgan fingerprint density at radius 3 is 2.20 bits per heavy atom. The van der Waals surface area contributed by atoms with Crippen molar-refractivity contribution >= 4 is 11.9 Å². The Labute approximate surface area is 114 Å². The third-order valence-electron chi connectivity index (χ3n) is 2.44. The zero-order chi connectivity index (χ0) is 15.3. The lowest BCUT2D eigenvalue weighted by atomic mass is 10.1. The van der Waals surface area contributed by atoms with Gasteiger partial charge in [-0.1, -0.05) is 12.1 Å². The minimum atomic E-state index is -1.44. The number of carboxylic acids is 2. The summed E-state index contributed by atoms with van der Waals surface area (Å²) < 4.78 is 5.34. The molecule has 0 aromatic heterocycles. The maximum atomic E-state index is 10.7. The minimum absolute atomic E-state index is 0.397. The SMILES string of the molecule is CC(/C=C(\O)C(=O)O)Oc1ccc(C(N)C(=O)O)cc1. The van der Waals surface area contributed by atoms with Gasteiger partial charge < -0.3 is 25.8 Å². The molecular weight excluding hydrogens is 266 g/mol. The Morgan fingerprint density at radius 1 is 1.20 bits per heavy atom. The molecule has 0 aliphatic rings. The average molecular weight is 281 g/mol. The second-order valence-corrected chi connectivity index (χ2v) is 4.06. The fraction of sp³-hybridized carbons (Fsp3) is 0.231. The normalized spacial score (nSPS) is 14.4. The average Bonchev–Trinajstić information content (AvgIpc) is 2.38. The van der Waals surface area contributed by atoms with Gasteiger partial charge in [0.05, 0.1) is 0 Å². The van der Waals surface area contributed by atoms with Crippen LogP contribution in [0, 0.1) is 0 Å². The van der Waals surface area contributed by atoms with Gasteiger partial charge in [-0.15, -0.1) is 0 Å². The first-order valence-electron chi connectivity index (χ1n) is 5.70. The highest BCUT2D eigenvalue weighted by molar-refractivity contribution is 5.83. The fourth-order valence-corrected chi connectivity index (χ4v) is 1.44. The summed E-state index contributed by atoms with van der Waals surface area (Å²) in [6, 6.07) is 4.92. The van der Waals surface area contributed by atoms with E-state index in [1.54, 1.807) is 6.92 Å². The molecule has 0 amide bonds. The smallest absolute Gasteiger partial charge is 0.370 e. The van der Waals surface area contributed by atoms with Gasteiger partial charge in [0.2, 0.25) is 5.76 Å². The monoisotopic (exact) mass is 281 g/mol. The molecule has 0 spiro atoms.